The smallest absolute Gasteiger partial charge is 0.323 e. The molecule has 3 amide bonds. The number of nitrogens with one attached hydrogen (secondary N) is 2. The van der Waals surface area contributed by atoms with E-state index in [1.54, 1.807) is 42.3 Å². The number of methoxy groups -OCH3 is 1. The van der Waals surface area contributed by atoms with Crippen LogP contribution in [0.4, 0.5) is 16.2 Å². The maximum absolute atomic E-state index is 12.8. The Bertz CT molecular complexity index is 1090. The molecule has 3 aliphatic rings. The topological polar surface area (TPSA) is 119 Å². The third-order valence-corrected chi connectivity index (χ3v) is 6.87. The molecular weight excluding hydrogens is 466 g/mol. The number of hydrogen-bond acceptors (Lipinski definition) is 7. The number of benzene rings is 2. The first-order valence-corrected chi connectivity index (χ1v) is 12.2. The van der Waals surface area contributed by atoms with Crippen molar-refractivity contribution < 1.29 is 33.6 Å². The predicted molar refractivity (Wildman–Crippen MR) is 132 cm³/mol. The summed E-state index contributed by atoms with van der Waals surface area (Å²) in [5.41, 5.74) is 2.20. The van der Waals surface area contributed by atoms with Crippen molar-refractivity contribution >= 4 is 23.3 Å². The number of morpholine rings is 1. The SMILES string of the molecule is COc1ccc(NC(=O)Nc2ccc3c(c2)[C@@H]2C[C@H](CC(=O)N4CCOCC4)O[C@H](CO)[C@@H]2O3)cc1. The quantitative estimate of drug-likeness (QED) is 0.561. The summed E-state index contributed by atoms with van der Waals surface area (Å²) in [5, 5.41) is 15.6. The van der Waals surface area contributed by atoms with E-state index >= 15 is 0 Å². The predicted octanol–water partition coefficient (Wildman–Crippen LogP) is 2.58. The summed E-state index contributed by atoms with van der Waals surface area (Å²) in [7, 11) is 1.59. The van der Waals surface area contributed by atoms with E-state index in [-0.39, 0.29) is 43.1 Å². The fourth-order valence-corrected chi connectivity index (χ4v) is 5.07. The van der Waals surface area contributed by atoms with Crippen LogP contribution in [-0.4, -0.2) is 80.3 Å². The molecule has 2 aromatic carbocycles. The molecule has 3 aliphatic heterocycles. The van der Waals surface area contributed by atoms with Crippen LogP contribution < -0.4 is 20.1 Å². The van der Waals surface area contributed by atoms with Gasteiger partial charge in [-0.05, 0) is 48.9 Å². The average Bonchev–Trinajstić information content (AvgIpc) is 3.27. The molecule has 10 nitrogen and oxygen atoms in total. The number of carbonyl (C=O) groups excluding carboxylic acids is 2. The summed E-state index contributed by atoms with van der Waals surface area (Å²) >= 11 is 0. The van der Waals surface area contributed by atoms with E-state index in [1.807, 2.05) is 12.1 Å². The lowest BCUT2D eigenvalue weighted by Crippen LogP contribution is -2.48. The van der Waals surface area contributed by atoms with Crippen LogP contribution in [0, 0.1) is 0 Å². The lowest BCUT2D eigenvalue weighted by atomic mass is 9.84. The van der Waals surface area contributed by atoms with E-state index in [9.17, 15) is 14.7 Å². The van der Waals surface area contributed by atoms with E-state index in [0.717, 1.165) is 5.56 Å². The van der Waals surface area contributed by atoms with Gasteiger partial charge < -0.3 is 39.6 Å². The van der Waals surface area contributed by atoms with Gasteiger partial charge in [0.2, 0.25) is 5.91 Å². The van der Waals surface area contributed by atoms with Crippen molar-refractivity contribution in [3.05, 3.63) is 48.0 Å². The fourth-order valence-electron chi connectivity index (χ4n) is 5.07. The molecule has 3 N–H and O–H groups in total. The summed E-state index contributed by atoms with van der Waals surface area (Å²) in [5.74, 6) is 1.38. The number of aliphatic hydroxyl groups is 1. The lowest BCUT2D eigenvalue weighted by Gasteiger charge is -2.38. The minimum absolute atomic E-state index is 0.0307. The number of aliphatic hydroxyl groups excluding tert-OH is 1. The van der Waals surface area contributed by atoms with Crippen molar-refractivity contribution in [1.29, 1.82) is 0 Å². The molecule has 2 aromatic rings. The van der Waals surface area contributed by atoms with Gasteiger partial charge in [-0.3, -0.25) is 4.79 Å². The van der Waals surface area contributed by atoms with Crippen molar-refractivity contribution in [3.63, 3.8) is 0 Å². The van der Waals surface area contributed by atoms with E-state index in [4.69, 9.17) is 18.9 Å². The number of anilines is 2. The number of carbonyl (C=O) groups is 2. The van der Waals surface area contributed by atoms with Gasteiger partial charge in [0.05, 0.1) is 39.5 Å². The van der Waals surface area contributed by atoms with Crippen LogP contribution in [0.3, 0.4) is 0 Å². The zero-order valence-electron chi connectivity index (χ0n) is 20.1. The Morgan fingerprint density at radius 2 is 1.81 bits per heavy atom. The Morgan fingerprint density at radius 3 is 2.53 bits per heavy atom. The van der Waals surface area contributed by atoms with Crippen molar-refractivity contribution in [2.75, 3.05) is 50.7 Å². The van der Waals surface area contributed by atoms with Crippen molar-refractivity contribution in [2.24, 2.45) is 0 Å². The van der Waals surface area contributed by atoms with Crippen LogP contribution in [0.5, 0.6) is 11.5 Å². The largest absolute Gasteiger partial charge is 0.497 e. The highest BCUT2D eigenvalue weighted by atomic mass is 16.6. The van der Waals surface area contributed by atoms with Gasteiger partial charge in [0, 0.05) is 35.9 Å². The van der Waals surface area contributed by atoms with E-state index in [2.05, 4.69) is 10.6 Å². The number of urea groups is 1. The summed E-state index contributed by atoms with van der Waals surface area (Å²) in [6.45, 7) is 2.06. The summed E-state index contributed by atoms with van der Waals surface area (Å²) in [6, 6.07) is 12.2. The summed E-state index contributed by atoms with van der Waals surface area (Å²) in [6.07, 6.45) is -0.372. The van der Waals surface area contributed by atoms with Gasteiger partial charge in [-0.15, -0.1) is 0 Å². The molecule has 0 saturated carbocycles. The van der Waals surface area contributed by atoms with E-state index in [0.29, 0.717) is 55.6 Å². The van der Waals surface area contributed by atoms with Crippen LogP contribution in [0.2, 0.25) is 0 Å². The van der Waals surface area contributed by atoms with Gasteiger partial charge >= 0.3 is 6.03 Å². The van der Waals surface area contributed by atoms with Crippen LogP contribution in [0.25, 0.3) is 0 Å². The summed E-state index contributed by atoms with van der Waals surface area (Å²) in [4.78, 5) is 27.1. The van der Waals surface area contributed by atoms with Gasteiger partial charge in [-0.25, -0.2) is 4.79 Å². The molecule has 3 heterocycles. The second-order valence-corrected chi connectivity index (χ2v) is 9.16. The molecule has 0 unspecified atom stereocenters. The monoisotopic (exact) mass is 497 g/mol. The zero-order valence-corrected chi connectivity index (χ0v) is 20.1. The van der Waals surface area contributed by atoms with E-state index < -0.39 is 6.10 Å². The molecule has 0 aromatic heterocycles. The molecule has 36 heavy (non-hydrogen) atoms. The minimum atomic E-state index is -0.534. The number of rotatable bonds is 6. The van der Waals surface area contributed by atoms with Crippen LogP contribution in [0.1, 0.15) is 24.3 Å². The maximum atomic E-state index is 12.8. The Kier molecular flexibility index (Phi) is 7.26. The zero-order chi connectivity index (χ0) is 25.1. The highest BCUT2D eigenvalue weighted by Crippen LogP contribution is 2.47. The number of hydrogen-bond donors (Lipinski definition) is 3. The van der Waals surface area contributed by atoms with Crippen molar-refractivity contribution in [3.8, 4) is 11.5 Å². The molecule has 0 bridgehead atoms. The van der Waals surface area contributed by atoms with Gasteiger partial charge in [-0.1, -0.05) is 0 Å². The number of nitrogens with zero attached hydrogens (tertiary/aromatic N) is 1. The first kappa shape index (κ1) is 24.4. The highest BCUT2D eigenvalue weighted by molar-refractivity contribution is 5.99. The summed E-state index contributed by atoms with van der Waals surface area (Å²) < 4.78 is 22.7. The molecule has 2 fully saturated rings. The Morgan fingerprint density at radius 1 is 1.08 bits per heavy atom. The Balaban J connectivity index is 1.26. The highest BCUT2D eigenvalue weighted by Gasteiger charge is 2.46. The molecular formula is C26H31N3O7. The molecule has 0 aliphatic carbocycles. The van der Waals surface area contributed by atoms with Crippen LogP contribution in [0.15, 0.2) is 42.5 Å². The van der Waals surface area contributed by atoms with Gasteiger partial charge in [0.25, 0.3) is 0 Å². The molecule has 2 saturated heterocycles. The fraction of sp³-hybridized carbons (Fsp3) is 0.462. The first-order valence-electron chi connectivity index (χ1n) is 12.2. The molecule has 0 spiro atoms. The molecule has 0 radical (unpaired) electrons. The molecule has 192 valence electrons. The van der Waals surface area contributed by atoms with Gasteiger partial charge in [0.15, 0.2) is 0 Å². The van der Waals surface area contributed by atoms with Gasteiger partial charge in [0.1, 0.15) is 23.7 Å². The third-order valence-electron chi connectivity index (χ3n) is 6.87. The number of fused-ring (bicyclic) bond motifs is 3. The second-order valence-electron chi connectivity index (χ2n) is 9.16. The third kappa shape index (κ3) is 5.25. The Hall–Kier alpha value is -3.34. The second kappa shape index (κ2) is 10.7. The first-order chi connectivity index (χ1) is 17.5. The lowest BCUT2D eigenvalue weighted by molar-refractivity contribution is -0.151. The molecule has 4 atom stereocenters. The van der Waals surface area contributed by atoms with Crippen molar-refractivity contribution in [1.82, 2.24) is 4.90 Å². The maximum Gasteiger partial charge on any atom is 0.323 e. The molecule has 5 rings (SSSR count). The standard InChI is InChI=1S/C26H31N3O7/c1-33-18-5-2-16(3-6-18)27-26(32)28-17-4-7-22-20(12-17)21-13-19(35-23(15-30)25(21)36-22)14-24(31)29-8-10-34-11-9-29/h2-7,12,19,21,23,25,30H,8-11,13-15H2,1H3,(H2,27,28,32)/t19-,21+,23-,25-/m1/s1. The molecule has 10 heteroatoms. The Labute approximate surface area is 209 Å². The van der Waals surface area contributed by atoms with Gasteiger partial charge in [-0.2, -0.15) is 0 Å². The number of ether oxygens (including phenoxy) is 4. The average molecular weight is 498 g/mol. The van der Waals surface area contributed by atoms with Crippen LogP contribution >= 0.6 is 0 Å². The number of amides is 3. The minimum Gasteiger partial charge on any atom is -0.497 e. The van der Waals surface area contributed by atoms with Crippen LogP contribution in [-0.2, 0) is 14.3 Å². The van der Waals surface area contributed by atoms with E-state index in [1.165, 1.54) is 0 Å². The van der Waals surface area contributed by atoms with Crippen molar-refractivity contribution in [2.45, 2.75) is 37.1 Å². The normalized spacial score (nSPS) is 24.8.